The molecule has 10 heavy (non-hydrogen) atoms. The first-order valence-corrected chi connectivity index (χ1v) is 3.32. The smallest absolute Gasteiger partial charge is 0.0314 e. The lowest BCUT2D eigenvalue weighted by atomic mass is 10.2. The Morgan fingerprint density at radius 3 is 2.40 bits per heavy atom. The van der Waals surface area contributed by atoms with Crippen molar-refractivity contribution < 1.29 is 0 Å². The summed E-state index contributed by atoms with van der Waals surface area (Å²) >= 11 is 0. The Morgan fingerprint density at radius 2 is 1.90 bits per heavy atom. The number of hydrogen-bond acceptors (Lipinski definition) is 2. The minimum absolute atomic E-state index is 0.819. The van der Waals surface area contributed by atoms with Gasteiger partial charge in [0.25, 0.3) is 0 Å². The molecule has 0 saturated carbocycles. The molecule has 0 aromatic heterocycles. The van der Waals surface area contributed by atoms with Gasteiger partial charge in [0.1, 0.15) is 0 Å². The summed E-state index contributed by atoms with van der Waals surface area (Å²) in [4.78, 5) is 0. The summed E-state index contributed by atoms with van der Waals surface area (Å²) < 4.78 is 0. The molecule has 0 aliphatic carbocycles. The lowest BCUT2D eigenvalue weighted by Gasteiger charge is -1.98. The third kappa shape index (κ3) is 1.74. The molecule has 1 rings (SSSR count). The summed E-state index contributed by atoms with van der Waals surface area (Å²) in [6.07, 6.45) is 0. The summed E-state index contributed by atoms with van der Waals surface area (Å²) in [6.45, 7) is 0.903. The first-order chi connectivity index (χ1) is 4.83. The Balaban J connectivity index is 2.69. The SMILES string of the molecule is CNCc1ccc(N)cc1. The van der Waals surface area contributed by atoms with Crippen LogP contribution in [0.25, 0.3) is 0 Å². The maximum Gasteiger partial charge on any atom is 0.0314 e. The fourth-order valence-electron chi connectivity index (χ4n) is 0.840. The van der Waals surface area contributed by atoms with Gasteiger partial charge in [-0.25, -0.2) is 0 Å². The third-order valence-corrected chi connectivity index (χ3v) is 1.36. The molecule has 1 aromatic carbocycles. The van der Waals surface area contributed by atoms with E-state index < -0.39 is 0 Å². The third-order valence-electron chi connectivity index (χ3n) is 1.36. The van der Waals surface area contributed by atoms with Gasteiger partial charge < -0.3 is 11.1 Å². The molecule has 0 spiro atoms. The van der Waals surface area contributed by atoms with Gasteiger partial charge in [0.2, 0.25) is 0 Å². The number of nitrogen functional groups attached to an aromatic ring is 1. The van der Waals surface area contributed by atoms with Crippen LogP contribution in [0.4, 0.5) is 5.69 Å². The Morgan fingerprint density at radius 1 is 1.30 bits per heavy atom. The largest absolute Gasteiger partial charge is 0.399 e. The molecule has 2 nitrogen and oxygen atoms in total. The number of hydrogen-bond donors (Lipinski definition) is 2. The van der Waals surface area contributed by atoms with E-state index in [4.69, 9.17) is 5.73 Å². The van der Waals surface area contributed by atoms with Crippen molar-refractivity contribution in [2.75, 3.05) is 12.8 Å². The van der Waals surface area contributed by atoms with E-state index in [9.17, 15) is 0 Å². The van der Waals surface area contributed by atoms with Crippen LogP contribution in [0, 0.1) is 0 Å². The molecule has 0 unspecified atom stereocenters. The normalized spacial score (nSPS) is 9.70. The van der Waals surface area contributed by atoms with Gasteiger partial charge >= 0.3 is 0 Å². The molecule has 1 aromatic rings. The quantitative estimate of drug-likeness (QED) is 0.595. The predicted molar refractivity (Wildman–Crippen MR) is 43.6 cm³/mol. The molecular formula is C8H12N2. The van der Waals surface area contributed by atoms with Crippen molar-refractivity contribution in [1.29, 1.82) is 0 Å². The van der Waals surface area contributed by atoms with Gasteiger partial charge in [-0.05, 0) is 24.7 Å². The second-order valence-electron chi connectivity index (χ2n) is 2.27. The average molecular weight is 136 g/mol. The van der Waals surface area contributed by atoms with E-state index in [0.717, 1.165) is 12.2 Å². The van der Waals surface area contributed by atoms with E-state index in [0.29, 0.717) is 0 Å². The van der Waals surface area contributed by atoms with Gasteiger partial charge in [0.05, 0.1) is 0 Å². The van der Waals surface area contributed by atoms with E-state index in [1.165, 1.54) is 5.56 Å². The number of nitrogens with one attached hydrogen (secondary N) is 1. The standard InChI is InChI=1S/C8H12N2/c1-10-6-7-2-4-8(9)5-3-7/h2-5,10H,6,9H2,1H3. The highest BCUT2D eigenvalue weighted by Crippen LogP contribution is 2.04. The van der Waals surface area contributed by atoms with E-state index in [1.807, 2.05) is 31.3 Å². The van der Waals surface area contributed by atoms with E-state index in [-0.39, 0.29) is 0 Å². The molecule has 0 bridgehead atoms. The second kappa shape index (κ2) is 3.22. The average Bonchev–Trinajstić information content (AvgIpc) is 1.95. The van der Waals surface area contributed by atoms with Crippen LogP contribution in [0.1, 0.15) is 5.56 Å². The zero-order valence-corrected chi connectivity index (χ0v) is 6.09. The minimum atomic E-state index is 0.819. The lowest BCUT2D eigenvalue weighted by Crippen LogP contribution is -2.04. The number of rotatable bonds is 2. The molecule has 2 heteroatoms. The van der Waals surface area contributed by atoms with Crippen LogP contribution in [-0.2, 0) is 6.54 Å². The van der Waals surface area contributed by atoms with Gasteiger partial charge in [-0.15, -0.1) is 0 Å². The molecule has 3 N–H and O–H groups in total. The van der Waals surface area contributed by atoms with Crippen molar-refractivity contribution in [3.05, 3.63) is 29.8 Å². The highest BCUT2D eigenvalue weighted by atomic mass is 14.8. The molecular weight excluding hydrogens is 124 g/mol. The molecule has 0 fully saturated rings. The molecule has 0 aliphatic heterocycles. The Bertz CT molecular complexity index is 191. The van der Waals surface area contributed by atoms with Crippen LogP contribution in [0.15, 0.2) is 24.3 Å². The first kappa shape index (κ1) is 7.09. The molecule has 54 valence electrons. The van der Waals surface area contributed by atoms with Crippen molar-refractivity contribution in [3.8, 4) is 0 Å². The van der Waals surface area contributed by atoms with Crippen LogP contribution in [0.2, 0.25) is 0 Å². The van der Waals surface area contributed by atoms with Crippen LogP contribution >= 0.6 is 0 Å². The summed E-state index contributed by atoms with van der Waals surface area (Å²) in [5, 5.41) is 3.06. The minimum Gasteiger partial charge on any atom is -0.399 e. The molecule has 0 atom stereocenters. The van der Waals surface area contributed by atoms with E-state index in [2.05, 4.69) is 5.32 Å². The molecule has 0 aliphatic rings. The van der Waals surface area contributed by atoms with Crippen LogP contribution in [0.5, 0.6) is 0 Å². The topological polar surface area (TPSA) is 38.0 Å². The summed E-state index contributed by atoms with van der Waals surface area (Å²) in [7, 11) is 1.93. The molecule has 0 heterocycles. The van der Waals surface area contributed by atoms with Crippen molar-refractivity contribution in [3.63, 3.8) is 0 Å². The molecule has 0 amide bonds. The van der Waals surface area contributed by atoms with Crippen molar-refractivity contribution in [2.24, 2.45) is 0 Å². The zero-order chi connectivity index (χ0) is 7.40. The Labute approximate surface area is 61.1 Å². The Hall–Kier alpha value is -1.02. The van der Waals surface area contributed by atoms with Gasteiger partial charge in [0, 0.05) is 12.2 Å². The maximum absolute atomic E-state index is 5.50. The van der Waals surface area contributed by atoms with Gasteiger partial charge in [0.15, 0.2) is 0 Å². The van der Waals surface area contributed by atoms with Crippen LogP contribution < -0.4 is 11.1 Å². The van der Waals surface area contributed by atoms with Gasteiger partial charge in [-0.2, -0.15) is 0 Å². The summed E-state index contributed by atoms with van der Waals surface area (Å²) in [5.74, 6) is 0. The lowest BCUT2D eigenvalue weighted by molar-refractivity contribution is 0.818. The molecule has 0 saturated heterocycles. The molecule has 0 radical (unpaired) electrons. The monoisotopic (exact) mass is 136 g/mol. The van der Waals surface area contributed by atoms with Crippen molar-refractivity contribution >= 4 is 5.69 Å². The van der Waals surface area contributed by atoms with Gasteiger partial charge in [-0.1, -0.05) is 12.1 Å². The van der Waals surface area contributed by atoms with E-state index >= 15 is 0 Å². The summed E-state index contributed by atoms with van der Waals surface area (Å²) in [5.41, 5.74) is 7.58. The van der Waals surface area contributed by atoms with Gasteiger partial charge in [-0.3, -0.25) is 0 Å². The number of nitrogens with two attached hydrogens (primary N) is 1. The zero-order valence-electron chi connectivity index (χ0n) is 6.09. The predicted octanol–water partition coefficient (Wildman–Crippen LogP) is 0.988. The van der Waals surface area contributed by atoms with E-state index in [1.54, 1.807) is 0 Å². The summed E-state index contributed by atoms with van der Waals surface area (Å²) in [6, 6.07) is 7.86. The maximum atomic E-state index is 5.50. The highest BCUT2D eigenvalue weighted by molar-refractivity contribution is 5.39. The second-order valence-corrected chi connectivity index (χ2v) is 2.27. The number of benzene rings is 1. The fraction of sp³-hybridized carbons (Fsp3) is 0.250. The van der Waals surface area contributed by atoms with Crippen molar-refractivity contribution in [2.45, 2.75) is 6.54 Å². The van der Waals surface area contributed by atoms with Crippen LogP contribution in [0.3, 0.4) is 0 Å². The number of anilines is 1. The van der Waals surface area contributed by atoms with Crippen molar-refractivity contribution in [1.82, 2.24) is 5.32 Å². The Kier molecular flexibility index (Phi) is 2.29. The fourth-order valence-corrected chi connectivity index (χ4v) is 0.840. The first-order valence-electron chi connectivity index (χ1n) is 3.32. The highest BCUT2D eigenvalue weighted by Gasteiger charge is 1.87. The van der Waals surface area contributed by atoms with Crippen LogP contribution in [-0.4, -0.2) is 7.05 Å².